The maximum absolute atomic E-state index is 5.15. The molecule has 3 heteroatoms. The van der Waals surface area contributed by atoms with Crippen LogP contribution in [0.1, 0.15) is 25.0 Å². The third-order valence-electron chi connectivity index (χ3n) is 12.9. The largest absolute Gasteiger partial charge is 0.208 e. The Morgan fingerprint density at radius 2 is 0.820 bits per heavy atom. The van der Waals surface area contributed by atoms with E-state index in [2.05, 4.69) is 184 Å². The molecule has 0 amide bonds. The van der Waals surface area contributed by atoms with E-state index >= 15 is 0 Å². The van der Waals surface area contributed by atoms with Crippen LogP contribution in [0.25, 0.3) is 111 Å². The van der Waals surface area contributed by atoms with E-state index in [1.54, 1.807) is 0 Å². The highest BCUT2D eigenvalue weighted by atomic mass is 15.0. The molecule has 0 aliphatic heterocycles. The highest BCUT2D eigenvalue weighted by Gasteiger charge is 2.37. The van der Waals surface area contributed by atoms with Gasteiger partial charge in [0.25, 0.3) is 0 Å². The second kappa shape index (κ2) is 13.7. The molecule has 1 aliphatic carbocycles. The Bertz CT molecular complexity index is 3460. The van der Waals surface area contributed by atoms with Crippen LogP contribution in [0.15, 0.2) is 200 Å². The summed E-state index contributed by atoms with van der Waals surface area (Å²) in [5.74, 6) is 1.93. The molecule has 10 aromatic carbocycles. The Morgan fingerprint density at radius 1 is 0.311 bits per heavy atom. The first-order valence-electron chi connectivity index (χ1n) is 21.0. The predicted octanol–water partition coefficient (Wildman–Crippen LogP) is 15.1. The van der Waals surface area contributed by atoms with E-state index in [1.165, 1.54) is 71.3 Å². The van der Waals surface area contributed by atoms with Crippen LogP contribution in [0.5, 0.6) is 0 Å². The monoisotopic (exact) mass is 777 g/mol. The maximum Gasteiger partial charge on any atom is 0.164 e. The first-order chi connectivity index (χ1) is 30.0. The smallest absolute Gasteiger partial charge is 0.164 e. The van der Waals surface area contributed by atoms with E-state index in [4.69, 9.17) is 15.0 Å². The second-order valence-electron chi connectivity index (χ2n) is 16.7. The van der Waals surface area contributed by atoms with Gasteiger partial charge in [0.15, 0.2) is 17.5 Å². The minimum absolute atomic E-state index is 0.175. The van der Waals surface area contributed by atoms with E-state index in [0.717, 1.165) is 33.4 Å². The van der Waals surface area contributed by atoms with Crippen molar-refractivity contribution in [3.8, 4) is 78.7 Å². The first kappa shape index (κ1) is 35.2. The number of benzene rings is 10. The summed E-state index contributed by atoms with van der Waals surface area (Å²) in [6.07, 6.45) is 0. The van der Waals surface area contributed by atoms with Gasteiger partial charge < -0.3 is 0 Å². The van der Waals surface area contributed by atoms with Crippen molar-refractivity contribution in [3.05, 3.63) is 211 Å². The van der Waals surface area contributed by atoms with Crippen LogP contribution >= 0.6 is 0 Å². The molecule has 0 atom stereocenters. The molecule has 11 aromatic rings. The van der Waals surface area contributed by atoms with E-state index in [1.807, 2.05) is 30.3 Å². The van der Waals surface area contributed by atoms with Crippen LogP contribution in [-0.2, 0) is 5.41 Å². The quantitative estimate of drug-likeness (QED) is 0.158. The van der Waals surface area contributed by atoms with Crippen LogP contribution in [-0.4, -0.2) is 15.0 Å². The Hall–Kier alpha value is -7.75. The molecule has 286 valence electrons. The van der Waals surface area contributed by atoms with Crippen LogP contribution < -0.4 is 0 Å². The van der Waals surface area contributed by atoms with Gasteiger partial charge in [-0.15, -0.1) is 0 Å². The lowest BCUT2D eigenvalue weighted by atomic mass is 9.81. The van der Waals surface area contributed by atoms with Crippen molar-refractivity contribution < 1.29 is 0 Å². The highest BCUT2D eigenvalue weighted by Crippen LogP contribution is 2.53. The zero-order chi connectivity index (χ0) is 40.7. The molecule has 0 radical (unpaired) electrons. The summed E-state index contributed by atoms with van der Waals surface area (Å²) in [6.45, 7) is 4.74. The second-order valence-corrected chi connectivity index (χ2v) is 16.7. The summed E-state index contributed by atoms with van der Waals surface area (Å²) in [7, 11) is 0. The Kier molecular flexibility index (Phi) is 7.88. The van der Waals surface area contributed by atoms with Crippen LogP contribution in [0, 0.1) is 0 Å². The number of aromatic nitrogens is 3. The standard InChI is InChI=1S/C58H39N3/c1-58(2)50-22-12-21-46(54(50)49-34-31-43(35-51(49)58)45-32-29-40-26-25-38-17-11-18-39-30-33-47(45)53(40)52(38)39)37-23-27-42(28-24-37)56-59-55(41-15-7-4-8-16-41)60-57(61-56)48-20-10-9-19-44(48)36-13-5-3-6-14-36/h3-35H,1-2H3. The van der Waals surface area contributed by atoms with Gasteiger partial charge in [-0.3, -0.25) is 0 Å². The van der Waals surface area contributed by atoms with Gasteiger partial charge in [0, 0.05) is 22.1 Å². The highest BCUT2D eigenvalue weighted by molar-refractivity contribution is 6.25. The van der Waals surface area contributed by atoms with Gasteiger partial charge in [-0.05, 0) is 94.0 Å². The summed E-state index contributed by atoms with van der Waals surface area (Å²) in [6, 6.07) is 72.0. The summed E-state index contributed by atoms with van der Waals surface area (Å²) < 4.78 is 0. The number of rotatable bonds is 6. The Labute approximate surface area is 355 Å². The molecule has 0 saturated carbocycles. The van der Waals surface area contributed by atoms with Crippen molar-refractivity contribution in [1.82, 2.24) is 15.0 Å². The minimum Gasteiger partial charge on any atom is -0.208 e. The Balaban J connectivity index is 0.946. The maximum atomic E-state index is 5.15. The molecule has 1 aromatic heterocycles. The van der Waals surface area contributed by atoms with E-state index in [9.17, 15) is 0 Å². The zero-order valence-corrected chi connectivity index (χ0v) is 33.9. The predicted molar refractivity (Wildman–Crippen MR) is 254 cm³/mol. The van der Waals surface area contributed by atoms with Gasteiger partial charge >= 0.3 is 0 Å². The fraction of sp³-hybridized carbons (Fsp3) is 0.0517. The molecule has 0 spiro atoms. The van der Waals surface area contributed by atoms with E-state index in [0.29, 0.717) is 17.5 Å². The Morgan fingerprint density at radius 3 is 1.56 bits per heavy atom. The van der Waals surface area contributed by atoms with Crippen LogP contribution in [0.4, 0.5) is 0 Å². The molecule has 0 saturated heterocycles. The molecule has 3 nitrogen and oxygen atoms in total. The fourth-order valence-corrected chi connectivity index (χ4v) is 9.87. The summed E-state index contributed by atoms with van der Waals surface area (Å²) in [4.78, 5) is 15.3. The van der Waals surface area contributed by atoms with Crippen LogP contribution in [0.3, 0.4) is 0 Å². The number of hydrogen-bond donors (Lipinski definition) is 0. The first-order valence-corrected chi connectivity index (χ1v) is 21.0. The third kappa shape index (κ3) is 5.62. The zero-order valence-electron chi connectivity index (χ0n) is 33.9. The summed E-state index contributed by atoms with van der Waals surface area (Å²) >= 11 is 0. The number of nitrogens with zero attached hydrogens (tertiary/aromatic N) is 3. The number of hydrogen-bond acceptors (Lipinski definition) is 3. The van der Waals surface area contributed by atoms with Crippen molar-refractivity contribution in [1.29, 1.82) is 0 Å². The molecular weight excluding hydrogens is 739 g/mol. The SMILES string of the molecule is CC1(C)c2cc(-c3ccc4ccc5cccc6ccc3c4c56)ccc2-c2c(-c3ccc(-c4nc(-c5ccccc5)nc(-c5ccccc5-c5ccccc5)n4)cc3)cccc21. The van der Waals surface area contributed by atoms with Gasteiger partial charge in [0.05, 0.1) is 0 Å². The van der Waals surface area contributed by atoms with Gasteiger partial charge in [-0.2, -0.15) is 0 Å². The van der Waals surface area contributed by atoms with Gasteiger partial charge in [0.2, 0.25) is 0 Å². The molecular formula is C58H39N3. The molecule has 0 N–H and O–H groups in total. The lowest BCUT2D eigenvalue weighted by Gasteiger charge is -2.22. The molecule has 0 fully saturated rings. The minimum atomic E-state index is -0.175. The van der Waals surface area contributed by atoms with Crippen molar-refractivity contribution in [2.24, 2.45) is 0 Å². The van der Waals surface area contributed by atoms with E-state index < -0.39 is 0 Å². The number of fused-ring (bicyclic) bond motifs is 3. The molecule has 1 heterocycles. The molecule has 61 heavy (non-hydrogen) atoms. The van der Waals surface area contributed by atoms with Crippen molar-refractivity contribution >= 4 is 32.3 Å². The van der Waals surface area contributed by atoms with Crippen molar-refractivity contribution in [2.75, 3.05) is 0 Å². The topological polar surface area (TPSA) is 38.7 Å². The third-order valence-corrected chi connectivity index (χ3v) is 12.9. The van der Waals surface area contributed by atoms with Gasteiger partial charge in [0.1, 0.15) is 0 Å². The van der Waals surface area contributed by atoms with Crippen LogP contribution in [0.2, 0.25) is 0 Å². The average molecular weight is 778 g/mol. The fourth-order valence-electron chi connectivity index (χ4n) is 9.87. The lowest BCUT2D eigenvalue weighted by Crippen LogP contribution is -2.15. The van der Waals surface area contributed by atoms with Gasteiger partial charge in [-0.1, -0.05) is 208 Å². The van der Waals surface area contributed by atoms with Crippen molar-refractivity contribution in [3.63, 3.8) is 0 Å². The van der Waals surface area contributed by atoms with E-state index in [-0.39, 0.29) is 5.41 Å². The summed E-state index contributed by atoms with van der Waals surface area (Å²) in [5, 5.41) is 7.87. The normalized spacial score (nSPS) is 12.9. The molecule has 0 bridgehead atoms. The molecule has 0 unspecified atom stereocenters. The molecule has 1 aliphatic rings. The summed E-state index contributed by atoms with van der Waals surface area (Å²) in [5.41, 5.74) is 15.1. The molecule has 12 rings (SSSR count). The van der Waals surface area contributed by atoms with Crippen molar-refractivity contribution in [2.45, 2.75) is 19.3 Å². The average Bonchev–Trinajstić information content (AvgIpc) is 3.56. The lowest BCUT2D eigenvalue weighted by molar-refractivity contribution is 0.661. The van der Waals surface area contributed by atoms with Gasteiger partial charge in [-0.25, -0.2) is 15.0 Å².